The van der Waals surface area contributed by atoms with E-state index in [1.165, 1.54) is 19.3 Å². The molecule has 0 aromatic heterocycles. The lowest BCUT2D eigenvalue weighted by Gasteiger charge is -2.37. The van der Waals surface area contributed by atoms with E-state index < -0.39 is 5.60 Å². The Labute approximate surface area is 104 Å². The zero-order valence-corrected chi connectivity index (χ0v) is 11.4. The molecule has 2 aliphatic rings. The summed E-state index contributed by atoms with van der Waals surface area (Å²) < 4.78 is 0. The summed E-state index contributed by atoms with van der Waals surface area (Å²) in [5.74, 6) is 3.56. The molecule has 1 heterocycles. The second-order valence-electron chi connectivity index (χ2n) is 5.82. The fraction of sp³-hybridized carbons (Fsp3) is 1.00. The van der Waals surface area contributed by atoms with Crippen LogP contribution in [0.1, 0.15) is 39.5 Å². The molecule has 3 heteroatoms. The minimum absolute atomic E-state index is 0.429. The first-order valence-corrected chi connectivity index (χ1v) is 7.80. The van der Waals surface area contributed by atoms with Gasteiger partial charge < -0.3 is 10.4 Å². The van der Waals surface area contributed by atoms with E-state index in [1.807, 2.05) is 11.8 Å². The van der Waals surface area contributed by atoms with Crippen LogP contribution in [0.5, 0.6) is 0 Å². The van der Waals surface area contributed by atoms with E-state index in [-0.39, 0.29) is 0 Å². The van der Waals surface area contributed by atoms with E-state index in [2.05, 4.69) is 19.2 Å². The maximum Gasteiger partial charge on any atom is 0.0869 e. The van der Waals surface area contributed by atoms with Crippen LogP contribution in [-0.4, -0.2) is 34.8 Å². The molecule has 1 saturated heterocycles. The lowest BCUT2D eigenvalue weighted by atomic mass is 9.78. The Balaban J connectivity index is 1.83. The van der Waals surface area contributed by atoms with Crippen LogP contribution in [0.4, 0.5) is 0 Å². The van der Waals surface area contributed by atoms with Gasteiger partial charge in [-0.3, -0.25) is 0 Å². The van der Waals surface area contributed by atoms with Crippen LogP contribution in [0.25, 0.3) is 0 Å². The average Bonchev–Trinajstić information content (AvgIpc) is 2.65. The smallest absolute Gasteiger partial charge is 0.0869 e. The van der Waals surface area contributed by atoms with Gasteiger partial charge in [0.15, 0.2) is 0 Å². The number of thioether (sulfide) groups is 1. The minimum atomic E-state index is -0.429. The maximum absolute atomic E-state index is 10.3. The molecule has 1 aliphatic heterocycles. The van der Waals surface area contributed by atoms with Crippen molar-refractivity contribution in [2.75, 3.05) is 18.1 Å². The van der Waals surface area contributed by atoms with E-state index in [9.17, 15) is 5.11 Å². The molecular weight excluding hydrogens is 218 g/mol. The fourth-order valence-corrected chi connectivity index (χ4v) is 4.42. The van der Waals surface area contributed by atoms with Gasteiger partial charge in [0, 0.05) is 18.3 Å². The topological polar surface area (TPSA) is 32.3 Å². The molecular formula is C13H25NOS. The van der Waals surface area contributed by atoms with Crippen molar-refractivity contribution in [2.45, 2.75) is 51.2 Å². The molecule has 3 atom stereocenters. The Morgan fingerprint density at radius 1 is 1.31 bits per heavy atom. The van der Waals surface area contributed by atoms with Crippen LogP contribution in [0.2, 0.25) is 0 Å². The molecule has 94 valence electrons. The quantitative estimate of drug-likeness (QED) is 0.797. The molecule has 0 spiro atoms. The van der Waals surface area contributed by atoms with Gasteiger partial charge in [-0.05, 0) is 36.9 Å². The summed E-state index contributed by atoms with van der Waals surface area (Å²) in [5.41, 5.74) is -0.429. The Hall–Kier alpha value is 0.270. The predicted molar refractivity (Wildman–Crippen MR) is 70.9 cm³/mol. The van der Waals surface area contributed by atoms with Gasteiger partial charge >= 0.3 is 0 Å². The van der Waals surface area contributed by atoms with Gasteiger partial charge in [-0.1, -0.05) is 20.3 Å². The molecule has 0 radical (unpaired) electrons. The van der Waals surface area contributed by atoms with Gasteiger partial charge in [0.05, 0.1) is 5.60 Å². The molecule has 0 bridgehead atoms. The molecule has 2 nitrogen and oxygen atoms in total. The van der Waals surface area contributed by atoms with Gasteiger partial charge in [-0.2, -0.15) is 11.8 Å². The number of hydrogen-bond acceptors (Lipinski definition) is 3. The summed E-state index contributed by atoms with van der Waals surface area (Å²) in [7, 11) is 0. The molecule has 1 saturated carbocycles. The molecule has 2 rings (SSSR count). The Morgan fingerprint density at radius 2 is 2.00 bits per heavy atom. The molecule has 3 unspecified atom stereocenters. The van der Waals surface area contributed by atoms with Crippen molar-refractivity contribution in [3.05, 3.63) is 0 Å². The van der Waals surface area contributed by atoms with Crippen molar-refractivity contribution < 1.29 is 5.11 Å². The third-order valence-corrected chi connectivity index (χ3v) is 5.53. The number of aliphatic hydroxyl groups is 1. The van der Waals surface area contributed by atoms with E-state index >= 15 is 0 Å². The second kappa shape index (κ2) is 5.28. The van der Waals surface area contributed by atoms with E-state index in [4.69, 9.17) is 0 Å². The highest BCUT2D eigenvalue weighted by Gasteiger charge is 2.34. The fourth-order valence-electron chi connectivity index (χ4n) is 3.13. The molecule has 2 N–H and O–H groups in total. The second-order valence-corrected chi connectivity index (χ2v) is 6.92. The number of rotatable bonds is 3. The SMILES string of the molecule is CC1CCCC(C)C1NCC1(O)CCSC1. The van der Waals surface area contributed by atoms with Crippen LogP contribution < -0.4 is 5.32 Å². The van der Waals surface area contributed by atoms with Crippen LogP contribution >= 0.6 is 11.8 Å². The van der Waals surface area contributed by atoms with Crippen molar-refractivity contribution >= 4 is 11.8 Å². The predicted octanol–water partition coefficient (Wildman–Crippen LogP) is 2.27. The standard InChI is InChI=1S/C13H25NOS/c1-10-4-3-5-11(2)12(10)14-8-13(15)6-7-16-9-13/h10-12,14-15H,3-9H2,1-2H3. The first-order chi connectivity index (χ1) is 7.61. The van der Waals surface area contributed by atoms with Crippen LogP contribution in [0.3, 0.4) is 0 Å². The molecule has 2 fully saturated rings. The zero-order chi connectivity index (χ0) is 11.6. The third kappa shape index (κ3) is 2.93. The number of nitrogens with one attached hydrogen (secondary N) is 1. The highest BCUT2D eigenvalue weighted by molar-refractivity contribution is 7.99. The minimum Gasteiger partial charge on any atom is -0.388 e. The van der Waals surface area contributed by atoms with Gasteiger partial charge in [0.1, 0.15) is 0 Å². The first kappa shape index (κ1) is 12.7. The lowest BCUT2D eigenvalue weighted by Crippen LogP contribution is -2.50. The van der Waals surface area contributed by atoms with Crippen LogP contribution in [0.15, 0.2) is 0 Å². The largest absolute Gasteiger partial charge is 0.388 e. The van der Waals surface area contributed by atoms with Gasteiger partial charge in [0.25, 0.3) is 0 Å². The van der Waals surface area contributed by atoms with Crippen molar-refractivity contribution in [2.24, 2.45) is 11.8 Å². The van der Waals surface area contributed by atoms with E-state index in [0.717, 1.165) is 36.3 Å². The molecule has 1 aliphatic carbocycles. The van der Waals surface area contributed by atoms with Crippen molar-refractivity contribution in [3.63, 3.8) is 0 Å². The third-order valence-electron chi connectivity index (χ3n) is 4.29. The maximum atomic E-state index is 10.3. The summed E-state index contributed by atoms with van der Waals surface area (Å²) in [6.45, 7) is 5.49. The Morgan fingerprint density at radius 3 is 2.56 bits per heavy atom. The summed E-state index contributed by atoms with van der Waals surface area (Å²) in [4.78, 5) is 0. The summed E-state index contributed by atoms with van der Waals surface area (Å²) in [6.07, 6.45) is 5.02. The monoisotopic (exact) mass is 243 g/mol. The highest BCUT2D eigenvalue weighted by atomic mass is 32.2. The van der Waals surface area contributed by atoms with Crippen LogP contribution in [-0.2, 0) is 0 Å². The summed E-state index contributed by atoms with van der Waals surface area (Å²) in [5, 5.41) is 14.0. The molecule has 0 amide bonds. The van der Waals surface area contributed by atoms with Gasteiger partial charge in [-0.15, -0.1) is 0 Å². The Kier molecular flexibility index (Phi) is 4.20. The van der Waals surface area contributed by atoms with E-state index in [1.54, 1.807) is 0 Å². The summed E-state index contributed by atoms with van der Waals surface area (Å²) >= 11 is 1.88. The van der Waals surface area contributed by atoms with Crippen molar-refractivity contribution in [1.29, 1.82) is 0 Å². The zero-order valence-electron chi connectivity index (χ0n) is 10.5. The van der Waals surface area contributed by atoms with Crippen molar-refractivity contribution in [1.82, 2.24) is 5.32 Å². The average molecular weight is 243 g/mol. The first-order valence-electron chi connectivity index (χ1n) is 6.64. The van der Waals surface area contributed by atoms with Gasteiger partial charge in [0.2, 0.25) is 0 Å². The lowest BCUT2D eigenvalue weighted by molar-refractivity contribution is 0.0554. The van der Waals surface area contributed by atoms with Crippen LogP contribution in [0, 0.1) is 11.8 Å². The van der Waals surface area contributed by atoms with Crippen molar-refractivity contribution in [3.8, 4) is 0 Å². The molecule has 0 aromatic carbocycles. The van der Waals surface area contributed by atoms with Gasteiger partial charge in [-0.25, -0.2) is 0 Å². The number of hydrogen-bond donors (Lipinski definition) is 2. The molecule has 0 aromatic rings. The normalized spacial score (nSPS) is 44.8. The summed E-state index contributed by atoms with van der Waals surface area (Å²) in [6, 6.07) is 0.614. The molecule has 16 heavy (non-hydrogen) atoms. The Bertz CT molecular complexity index is 218. The highest BCUT2D eigenvalue weighted by Crippen LogP contribution is 2.31. The van der Waals surface area contributed by atoms with E-state index in [0.29, 0.717) is 6.04 Å².